The van der Waals surface area contributed by atoms with Crippen molar-refractivity contribution in [2.75, 3.05) is 13.2 Å². The smallest absolute Gasteiger partial charge is 0.258 e. The fourth-order valence-electron chi connectivity index (χ4n) is 3.26. The summed E-state index contributed by atoms with van der Waals surface area (Å²) in [6.07, 6.45) is 1.50. The number of aromatic nitrogens is 1. The van der Waals surface area contributed by atoms with E-state index in [1.165, 1.54) is 12.1 Å². The third-order valence-electron chi connectivity index (χ3n) is 4.72. The summed E-state index contributed by atoms with van der Waals surface area (Å²) in [6.45, 7) is 0.364. The van der Waals surface area contributed by atoms with Crippen molar-refractivity contribution < 1.29 is 18.3 Å². The fourth-order valence-corrected chi connectivity index (χ4v) is 3.58. The molecule has 29 heavy (non-hydrogen) atoms. The molecule has 6 nitrogen and oxygen atoms in total. The molecule has 0 bridgehead atoms. The molecule has 0 radical (unpaired) electrons. The number of para-hydroxylation sites is 1. The molecule has 3 aromatic rings. The number of benzene rings is 2. The van der Waals surface area contributed by atoms with Gasteiger partial charge in [-0.25, -0.2) is 9.37 Å². The van der Waals surface area contributed by atoms with E-state index in [2.05, 4.69) is 15.6 Å². The highest BCUT2D eigenvalue weighted by molar-refractivity contribution is 6.34. The molecule has 1 amide bonds. The number of carbonyl (C=O) groups excluding carboxylic acids is 1. The Bertz CT molecular complexity index is 1030. The highest BCUT2D eigenvalue weighted by atomic mass is 35.5. The van der Waals surface area contributed by atoms with E-state index in [0.717, 1.165) is 24.4 Å². The molecule has 1 aliphatic heterocycles. The number of hydrogen-bond donors (Lipinski definition) is 2. The maximum Gasteiger partial charge on any atom is 0.258 e. The summed E-state index contributed by atoms with van der Waals surface area (Å²) in [7, 11) is 0. The van der Waals surface area contributed by atoms with Crippen LogP contribution in [0.5, 0.6) is 5.75 Å². The van der Waals surface area contributed by atoms with Crippen molar-refractivity contribution in [3.8, 4) is 5.75 Å². The lowest BCUT2D eigenvalue weighted by Crippen LogP contribution is -2.48. The van der Waals surface area contributed by atoms with Crippen LogP contribution < -0.4 is 15.4 Å². The zero-order valence-electron chi connectivity index (χ0n) is 15.3. The van der Waals surface area contributed by atoms with Crippen molar-refractivity contribution >= 4 is 40.2 Å². The number of halogens is 3. The van der Waals surface area contributed by atoms with E-state index in [4.69, 9.17) is 32.4 Å². The maximum absolute atomic E-state index is 13.4. The van der Waals surface area contributed by atoms with Crippen LogP contribution in [0.2, 0.25) is 10.0 Å². The molecular formula is C20H18Cl2FN3O3. The molecule has 4 rings (SSSR count). The van der Waals surface area contributed by atoms with Gasteiger partial charge in [0.25, 0.3) is 5.91 Å². The Balaban J connectivity index is 1.27. The van der Waals surface area contributed by atoms with Crippen LogP contribution in [0.4, 0.5) is 4.39 Å². The van der Waals surface area contributed by atoms with Gasteiger partial charge in [-0.3, -0.25) is 4.79 Å². The molecule has 2 atom stereocenters. The lowest BCUT2D eigenvalue weighted by atomic mass is 10.0. The van der Waals surface area contributed by atoms with Crippen LogP contribution in [0, 0.1) is 5.82 Å². The number of fused-ring (bicyclic) bond motifs is 1. The fraction of sp³-hybridized carbons (Fsp3) is 0.300. The van der Waals surface area contributed by atoms with Gasteiger partial charge in [0.15, 0.2) is 12.2 Å². The summed E-state index contributed by atoms with van der Waals surface area (Å²) in [5.41, 5.74) is 1.30. The van der Waals surface area contributed by atoms with Gasteiger partial charge in [0.1, 0.15) is 17.1 Å². The van der Waals surface area contributed by atoms with Crippen LogP contribution >= 0.6 is 23.2 Å². The summed E-state index contributed by atoms with van der Waals surface area (Å²) in [5, 5.41) is 6.78. The number of piperidine rings is 1. The third-order valence-corrected chi connectivity index (χ3v) is 5.33. The van der Waals surface area contributed by atoms with Crippen molar-refractivity contribution in [3.05, 3.63) is 58.2 Å². The zero-order valence-corrected chi connectivity index (χ0v) is 16.8. The van der Waals surface area contributed by atoms with Crippen molar-refractivity contribution in [1.82, 2.24) is 15.6 Å². The molecular weight excluding hydrogens is 420 g/mol. The second-order valence-electron chi connectivity index (χ2n) is 6.81. The van der Waals surface area contributed by atoms with Gasteiger partial charge in [-0.1, -0.05) is 29.3 Å². The molecule has 152 valence electrons. The Morgan fingerprint density at radius 2 is 2.14 bits per heavy atom. The number of carbonyl (C=O) groups is 1. The van der Waals surface area contributed by atoms with Crippen LogP contribution in [-0.2, 0) is 4.79 Å². The number of hydrogen-bond acceptors (Lipinski definition) is 5. The van der Waals surface area contributed by atoms with Gasteiger partial charge in [0.05, 0.1) is 16.1 Å². The summed E-state index contributed by atoms with van der Waals surface area (Å²) >= 11 is 11.8. The SMILES string of the molecule is O=C(COc1ccc(Cl)c(F)c1)NC1CC[C@H](c2nc3cccc(Cl)c3o2)NC1. The summed E-state index contributed by atoms with van der Waals surface area (Å²) in [6, 6.07) is 9.40. The van der Waals surface area contributed by atoms with Crippen LogP contribution in [0.1, 0.15) is 24.8 Å². The van der Waals surface area contributed by atoms with Crippen LogP contribution in [-0.4, -0.2) is 30.1 Å². The normalized spacial score (nSPS) is 19.3. The first-order valence-electron chi connectivity index (χ1n) is 9.15. The van der Waals surface area contributed by atoms with Crippen molar-refractivity contribution in [1.29, 1.82) is 0 Å². The van der Waals surface area contributed by atoms with Gasteiger partial charge in [0, 0.05) is 18.7 Å². The monoisotopic (exact) mass is 437 g/mol. The molecule has 1 aromatic heterocycles. The third kappa shape index (κ3) is 4.63. The average Bonchev–Trinajstić information content (AvgIpc) is 3.15. The molecule has 0 aliphatic carbocycles. The van der Waals surface area contributed by atoms with Gasteiger partial charge in [-0.2, -0.15) is 0 Å². The molecule has 2 heterocycles. The maximum atomic E-state index is 13.4. The van der Waals surface area contributed by atoms with Crippen molar-refractivity contribution in [2.45, 2.75) is 24.9 Å². The molecule has 1 saturated heterocycles. The minimum atomic E-state index is -0.590. The first kappa shape index (κ1) is 19.9. The van der Waals surface area contributed by atoms with E-state index < -0.39 is 5.82 Å². The van der Waals surface area contributed by atoms with Crippen molar-refractivity contribution in [3.63, 3.8) is 0 Å². The molecule has 2 aromatic carbocycles. The van der Waals surface area contributed by atoms with Crippen LogP contribution in [0.15, 0.2) is 40.8 Å². The quantitative estimate of drug-likeness (QED) is 0.623. The van der Waals surface area contributed by atoms with Crippen LogP contribution in [0.25, 0.3) is 11.1 Å². The molecule has 1 fully saturated rings. The number of amides is 1. The lowest BCUT2D eigenvalue weighted by Gasteiger charge is -2.28. The Kier molecular flexibility index (Phi) is 5.89. The molecule has 1 unspecified atom stereocenters. The Morgan fingerprint density at radius 3 is 2.86 bits per heavy atom. The number of nitrogens with zero attached hydrogens (tertiary/aromatic N) is 1. The van der Waals surface area contributed by atoms with E-state index in [-0.39, 0.29) is 35.4 Å². The molecule has 0 spiro atoms. The second kappa shape index (κ2) is 8.57. The molecule has 1 aliphatic rings. The topological polar surface area (TPSA) is 76.4 Å². The van der Waals surface area contributed by atoms with Gasteiger partial charge < -0.3 is 19.8 Å². The summed E-state index contributed by atoms with van der Waals surface area (Å²) in [4.78, 5) is 16.6. The summed E-state index contributed by atoms with van der Waals surface area (Å²) < 4.78 is 24.5. The number of rotatable bonds is 5. The molecule has 0 saturated carbocycles. The minimum absolute atomic E-state index is 0.00542. The second-order valence-corrected chi connectivity index (χ2v) is 7.62. The minimum Gasteiger partial charge on any atom is -0.484 e. The Hall–Kier alpha value is -2.35. The largest absolute Gasteiger partial charge is 0.484 e. The van der Waals surface area contributed by atoms with E-state index in [9.17, 15) is 9.18 Å². The Labute approximate surface area is 176 Å². The Morgan fingerprint density at radius 1 is 1.28 bits per heavy atom. The highest BCUT2D eigenvalue weighted by Crippen LogP contribution is 2.29. The standard InChI is InChI=1S/C20H18Cl2FN3O3/c21-13-6-5-12(8-15(13)23)28-10-18(27)25-11-4-7-17(24-9-11)20-26-16-3-1-2-14(22)19(16)29-20/h1-3,5-6,8,11,17,24H,4,7,9-10H2,(H,25,27)/t11?,17-/m1/s1. The highest BCUT2D eigenvalue weighted by Gasteiger charge is 2.26. The predicted molar refractivity (Wildman–Crippen MR) is 108 cm³/mol. The van der Waals surface area contributed by atoms with Gasteiger partial charge in [-0.15, -0.1) is 0 Å². The predicted octanol–water partition coefficient (Wildman–Crippen LogP) is 4.26. The average molecular weight is 438 g/mol. The first-order valence-corrected chi connectivity index (χ1v) is 9.91. The lowest BCUT2D eigenvalue weighted by molar-refractivity contribution is -0.124. The van der Waals surface area contributed by atoms with E-state index in [1.54, 1.807) is 6.07 Å². The van der Waals surface area contributed by atoms with Gasteiger partial charge >= 0.3 is 0 Å². The number of ether oxygens (including phenoxy) is 1. The van der Waals surface area contributed by atoms with Crippen molar-refractivity contribution in [2.24, 2.45) is 0 Å². The first-order chi connectivity index (χ1) is 14.0. The molecule has 9 heteroatoms. The molecule has 2 N–H and O–H groups in total. The van der Waals surface area contributed by atoms with Gasteiger partial charge in [-0.05, 0) is 37.1 Å². The van der Waals surface area contributed by atoms with Crippen LogP contribution in [0.3, 0.4) is 0 Å². The number of oxazole rings is 1. The van der Waals surface area contributed by atoms with E-state index >= 15 is 0 Å². The summed E-state index contributed by atoms with van der Waals surface area (Å²) in [5.74, 6) is -0.0312. The van der Waals surface area contributed by atoms with E-state index in [1.807, 2.05) is 12.1 Å². The zero-order chi connectivity index (χ0) is 20.4. The van der Waals surface area contributed by atoms with E-state index in [0.29, 0.717) is 23.0 Å². The van der Waals surface area contributed by atoms with Gasteiger partial charge in [0.2, 0.25) is 5.89 Å². The number of nitrogens with one attached hydrogen (secondary N) is 2.